The lowest BCUT2D eigenvalue weighted by Crippen LogP contribution is -2.35. The van der Waals surface area contributed by atoms with E-state index < -0.39 is 10.9 Å². The largest absolute Gasteiger partial charge is 0.493 e. The number of aliphatic hydroxyl groups is 1. The molecule has 27 heavy (non-hydrogen) atoms. The number of amides is 2. The molecule has 0 spiro atoms. The van der Waals surface area contributed by atoms with Gasteiger partial charge >= 0.3 is 0 Å². The van der Waals surface area contributed by atoms with E-state index in [2.05, 4.69) is 10.3 Å². The number of thioether (sulfide) groups is 1. The molecule has 2 heterocycles. The van der Waals surface area contributed by atoms with Gasteiger partial charge in [-0.25, -0.2) is 0 Å². The van der Waals surface area contributed by atoms with Crippen LogP contribution in [0.4, 0.5) is 4.79 Å². The van der Waals surface area contributed by atoms with Gasteiger partial charge in [0, 0.05) is 18.3 Å². The van der Waals surface area contributed by atoms with Gasteiger partial charge in [0.2, 0.25) is 5.91 Å². The maximum Gasteiger partial charge on any atom is 0.286 e. The van der Waals surface area contributed by atoms with E-state index in [9.17, 15) is 14.7 Å². The van der Waals surface area contributed by atoms with E-state index in [0.29, 0.717) is 19.4 Å². The standard InChI is InChI=1S/C20H22N2O4S/c1-13(23)15-5-6-16(21-12-15)9-10-26-17-7-3-14(4-8-17)11-20(2)18(24)22-19(25)27-20/h3-8,12-13,23H,9-11H2,1-2H3,(H,22,24,25)/t13-,20?/m1/s1. The van der Waals surface area contributed by atoms with E-state index in [1.807, 2.05) is 36.4 Å². The number of pyridine rings is 1. The predicted octanol–water partition coefficient (Wildman–Crippen LogP) is 3.04. The molecule has 142 valence electrons. The van der Waals surface area contributed by atoms with Crippen LogP contribution < -0.4 is 10.1 Å². The van der Waals surface area contributed by atoms with Gasteiger partial charge in [-0.15, -0.1) is 0 Å². The Morgan fingerprint density at radius 1 is 1.22 bits per heavy atom. The van der Waals surface area contributed by atoms with Crippen molar-refractivity contribution in [2.75, 3.05) is 6.61 Å². The first kappa shape index (κ1) is 19.4. The Kier molecular flexibility index (Phi) is 5.82. The van der Waals surface area contributed by atoms with E-state index in [1.54, 1.807) is 20.0 Å². The second-order valence-corrected chi connectivity index (χ2v) is 8.23. The van der Waals surface area contributed by atoms with Crippen molar-refractivity contribution in [3.63, 3.8) is 0 Å². The van der Waals surface area contributed by atoms with Crippen LogP contribution in [-0.2, 0) is 17.6 Å². The number of hydrogen-bond donors (Lipinski definition) is 2. The number of hydrogen-bond acceptors (Lipinski definition) is 6. The van der Waals surface area contributed by atoms with Crippen molar-refractivity contribution >= 4 is 22.9 Å². The molecule has 7 heteroatoms. The lowest BCUT2D eigenvalue weighted by Gasteiger charge is -2.18. The highest BCUT2D eigenvalue weighted by Crippen LogP contribution is 2.34. The molecule has 3 rings (SSSR count). The van der Waals surface area contributed by atoms with Gasteiger partial charge in [0.1, 0.15) is 10.5 Å². The van der Waals surface area contributed by atoms with Crippen LogP contribution in [0, 0.1) is 0 Å². The Hall–Kier alpha value is -2.38. The summed E-state index contributed by atoms with van der Waals surface area (Å²) in [5, 5.41) is 11.5. The normalized spacial score (nSPS) is 20.4. The quantitative estimate of drug-likeness (QED) is 0.760. The van der Waals surface area contributed by atoms with E-state index in [1.165, 1.54) is 0 Å². The molecule has 2 atom stereocenters. The van der Waals surface area contributed by atoms with E-state index in [-0.39, 0.29) is 11.1 Å². The second kappa shape index (κ2) is 8.10. The molecule has 6 nitrogen and oxygen atoms in total. The zero-order valence-electron chi connectivity index (χ0n) is 15.3. The number of rotatable bonds is 7. The molecule has 0 saturated carbocycles. The van der Waals surface area contributed by atoms with Crippen LogP contribution >= 0.6 is 11.8 Å². The Balaban J connectivity index is 1.50. The molecule has 1 fully saturated rings. The molecule has 0 bridgehead atoms. The minimum atomic E-state index is -0.761. The van der Waals surface area contributed by atoms with Gasteiger partial charge in [-0.3, -0.25) is 19.9 Å². The molecule has 1 aromatic carbocycles. The molecule has 2 aromatic rings. The van der Waals surface area contributed by atoms with Crippen LogP contribution in [-0.4, -0.2) is 32.6 Å². The molecule has 1 aromatic heterocycles. The van der Waals surface area contributed by atoms with Crippen LogP contribution in [0.3, 0.4) is 0 Å². The molecule has 1 saturated heterocycles. The summed E-state index contributed by atoms with van der Waals surface area (Å²) in [6.07, 6.45) is 2.31. The minimum Gasteiger partial charge on any atom is -0.493 e. The third-order valence-corrected chi connectivity index (χ3v) is 5.50. The molecule has 2 N–H and O–H groups in total. The molecule has 0 radical (unpaired) electrons. The van der Waals surface area contributed by atoms with Crippen molar-refractivity contribution in [1.82, 2.24) is 10.3 Å². The number of benzene rings is 1. The van der Waals surface area contributed by atoms with Crippen molar-refractivity contribution < 1.29 is 19.4 Å². The average Bonchev–Trinajstić information content (AvgIpc) is 2.88. The monoisotopic (exact) mass is 386 g/mol. The fourth-order valence-corrected chi connectivity index (χ4v) is 3.75. The topological polar surface area (TPSA) is 88.5 Å². The van der Waals surface area contributed by atoms with Gasteiger partial charge in [-0.2, -0.15) is 0 Å². The lowest BCUT2D eigenvalue weighted by atomic mass is 9.99. The highest BCUT2D eigenvalue weighted by Gasteiger charge is 2.43. The van der Waals surface area contributed by atoms with E-state index in [0.717, 1.165) is 34.3 Å². The summed E-state index contributed by atoms with van der Waals surface area (Å²) in [6.45, 7) is 3.97. The van der Waals surface area contributed by atoms with Crippen molar-refractivity contribution in [1.29, 1.82) is 0 Å². The highest BCUT2D eigenvalue weighted by molar-refractivity contribution is 8.16. The Bertz CT molecular complexity index is 821. The van der Waals surface area contributed by atoms with Gasteiger partial charge < -0.3 is 9.84 Å². The zero-order chi connectivity index (χ0) is 19.4. The first-order valence-electron chi connectivity index (χ1n) is 8.75. The number of nitrogens with one attached hydrogen (secondary N) is 1. The number of aromatic nitrogens is 1. The van der Waals surface area contributed by atoms with Crippen molar-refractivity contribution in [2.24, 2.45) is 0 Å². The number of nitrogens with zero attached hydrogens (tertiary/aromatic N) is 1. The lowest BCUT2D eigenvalue weighted by molar-refractivity contribution is -0.121. The summed E-state index contributed by atoms with van der Waals surface area (Å²) in [5.74, 6) is 0.496. The number of ether oxygens (including phenoxy) is 1. The molecule has 1 aliphatic heterocycles. The average molecular weight is 386 g/mol. The summed E-state index contributed by atoms with van der Waals surface area (Å²) in [5.41, 5.74) is 2.66. The smallest absolute Gasteiger partial charge is 0.286 e. The van der Waals surface area contributed by atoms with Gasteiger partial charge in [-0.1, -0.05) is 18.2 Å². The maximum absolute atomic E-state index is 11.9. The van der Waals surface area contributed by atoms with Crippen LogP contribution in [0.5, 0.6) is 5.75 Å². The fraction of sp³-hybridized carbons (Fsp3) is 0.350. The van der Waals surface area contributed by atoms with Gasteiger partial charge in [-0.05, 0) is 61.4 Å². The summed E-state index contributed by atoms with van der Waals surface area (Å²) in [6, 6.07) is 11.3. The summed E-state index contributed by atoms with van der Waals surface area (Å²) in [7, 11) is 0. The van der Waals surface area contributed by atoms with Gasteiger partial charge in [0.25, 0.3) is 5.24 Å². The van der Waals surface area contributed by atoms with E-state index >= 15 is 0 Å². The molecular formula is C20H22N2O4S. The molecule has 2 amide bonds. The van der Waals surface area contributed by atoms with Crippen molar-refractivity contribution in [3.05, 3.63) is 59.4 Å². The Morgan fingerprint density at radius 2 is 1.96 bits per heavy atom. The van der Waals surface area contributed by atoms with Gasteiger partial charge in [0.05, 0.1) is 12.7 Å². The van der Waals surface area contributed by atoms with Crippen molar-refractivity contribution in [3.8, 4) is 5.75 Å². The Morgan fingerprint density at radius 3 is 2.52 bits per heavy atom. The van der Waals surface area contributed by atoms with Gasteiger partial charge in [0.15, 0.2) is 0 Å². The zero-order valence-corrected chi connectivity index (χ0v) is 16.1. The minimum absolute atomic E-state index is 0.244. The van der Waals surface area contributed by atoms with Crippen molar-refractivity contribution in [2.45, 2.75) is 37.5 Å². The highest BCUT2D eigenvalue weighted by atomic mass is 32.2. The summed E-state index contributed by atoms with van der Waals surface area (Å²) < 4.78 is 4.99. The Labute approximate surface area is 162 Å². The number of carbonyl (C=O) groups is 2. The molecular weight excluding hydrogens is 364 g/mol. The van der Waals surface area contributed by atoms with Crippen LogP contribution in [0.2, 0.25) is 0 Å². The third kappa shape index (κ3) is 4.87. The predicted molar refractivity (Wildman–Crippen MR) is 104 cm³/mol. The SMILES string of the molecule is C[C@@H](O)c1ccc(CCOc2ccc(CC3(C)SC(=O)NC3=O)cc2)nc1. The maximum atomic E-state index is 11.9. The summed E-state index contributed by atoms with van der Waals surface area (Å²) in [4.78, 5) is 27.6. The summed E-state index contributed by atoms with van der Waals surface area (Å²) >= 11 is 1.04. The second-order valence-electron chi connectivity index (χ2n) is 6.75. The third-order valence-electron chi connectivity index (χ3n) is 4.44. The van der Waals surface area contributed by atoms with Crippen LogP contribution in [0.1, 0.15) is 36.8 Å². The number of imide groups is 1. The fourth-order valence-electron chi connectivity index (χ4n) is 2.82. The van der Waals surface area contributed by atoms with Crippen LogP contribution in [0.15, 0.2) is 42.6 Å². The van der Waals surface area contributed by atoms with Crippen LogP contribution in [0.25, 0.3) is 0 Å². The molecule has 0 aliphatic carbocycles. The number of carbonyl (C=O) groups excluding carboxylic acids is 2. The number of aliphatic hydroxyl groups excluding tert-OH is 1. The first-order valence-corrected chi connectivity index (χ1v) is 9.56. The van der Waals surface area contributed by atoms with E-state index in [4.69, 9.17) is 4.74 Å². The molecule has 1 aliphatic rings. The molecule has 1 unspecified atom stereocenters. The first-order chi connectivity index (χ1) is 12.9.